The van der Waals surface area contributed by atoms with E-state index in [9.17, 15) is 18.8 Å². The summed E-state index contributed by atoms with van der Waals surface area (Å²) in [7, 11) is 0. The third kappa shape index (κ3) is 6.37. The van der Waals surface area contributed by atoms with Crippen molar-refractivity contribution >= 4 is 34.7 Å². The maximum atomic E-state index is 14.3. The van der Waals surface area contributed by atoms with Crippen molar-refractivity contribution in [3.8, 4) is 11.1 Å². The SMILES string of the molecule is CC(C)(C)OC(=O)N1CCN(n2c(CCNC(=O)OCC3c4ccccc4-c4ccccc43)nc3c(Cl)cc(F)cc3c2=O)CC1. The molecule has 6 rings (SSSR count). The van der Waals surface area contributed by atoms with Gasteiger partial charge in [0.25, 0.3) is 5.56 Å². The molecule has 2 amide bonds. The van der Waals surface area contributed by atoms with Crippen molar-refractivity contribution in [3.63, 3.8) is 0 Å². The Labute approximate surface area is 270 Å². The summed E-state index contributed by atoms with van der Waals surface area (Å²) in [5, 5.41) is 4.58. The standard InChI is InChI=1S/C34H35ClFN5O5/c1-34(2,3)46-33(44)39-14-16-40(17-15-39)41-29(38-30-26(31(41)42)18-21(36)19-28(30)35)12-13-37-32(43)45-20-27-24-10-6-4-8-22(24)23-9-5-7-11-25(23)27/h4-11,18-19,27H,12-17,20H2,1-3H3,(H,37,43). The number of hydrogen-bond donors (Lipinski definition) is 1. The first-order chi connectivity index (χ1) is 22.0. The Kier molecular flexibility index (Phi) is 8.61. The number of nitrogens with zero attached hydrogens (tertiary/aromatic N) is 4. The molecule has 46 heavy (non-hydrogen) atoms. The van der Waals surface area contributed by atoms with Crippen LogP contribution in [-0.4, -0.2) is 71.7 Å². The Balaban J connectivity index is 1.16. The van der Waals surface area contributed by atoms with Gasteiger partial charge in [0, 0.05) is 32.0 Å². The molecular formula is C34H35ClFN5O5. The monoisotopic (exact) mass is 647 g/mol. The van der Waals surface area contributed by atoms with Crippen LogP contribution < -0.4 is 15.9 Å². The largest absolute Gasteiger partial charge is 0.449 e. The van der Waals surface area contributed by atoms with Crippen molar-refractivity contribution in [1.29, 1.82) is 0 Å². The van der Waals surface area contributed by atoms with Gasteiger partial charge in [0.2, 0.25) is 0 Å². The van der Waals surface area contributed by atoms with Gasteiger partial charge in [0.05, 0.1) is 29.0 Å². The average Bonchev–Trinajstić information content (AvgIpc) is 3.33. The van der Waals surface area contributed by atoms with Gasteiger partial charge in [-0.05, 0) is 55.2 Å². The zero-order valence-corrected chi connectivity index (χ0v) is 26.6. The van der Waals surface area contributed by atoms with Gasteiger partial charge in [-0.15, -0.1) is 0 Å². The van der Waals surface area contributed by atoms with E-state index in [2.05, 4.69) is 34.6 Å². The zero-order valence-electron chi connectivity index (χ0n) is 25.9. The van der Waals surface area contributed by atoms with E-state index in [0.717, 1.165) is 34.4 Å². The molecule has 1 fully saturated rings. The molecule has 240 valence electrons. The van der Waals surface area contributed by atoms with Crippen LogP contribution in [0, 0.1) is 5.82 Å². The lowest BCUT2D eigenvalue weighted by Gasteiger charge is -2.37. The summed E-state index contributed by atoms with van der Waals surface area (Å²) >= 11 is 6.30. The van der Waals surface area contributed by atoms with E-state index in [1.165, 1.54) is 4.68 Å². The number of amides is 2. The summed E-state index contributed by atoms with van der Waals surface area (Å²) in [4.78, 5) is 45.4. The molecule has 0 unspecified atom stereocenters. The van der Waals surface area contributed by atoms with Crippen LogP contribution in [0.4, 0.5) is 14.0 Å². The second-order valence-electron chi connectivity index (χ2n) is 12.4. The molecule has 10 nitrogen and oxygen atoms in total. The van der Waals surface area contributed by atoms with E-state index in [1.54, 1.807) is 30.7 Å². The van der Waals surface area contributed by atoms with Gasteiger partial charge < -0.3 is 24.7 Å². The maximum absolute atomic E-state index is 14.3. The number of aromatic nitrogens is 2. The third-order valence-electron chi connectivity index (χ3n) is 8.09. The molecule has 1 N–H and O–H groups in total. The summed E-state index contributed by atoms with van der Waals surface area (Å²) in [6.07, 6.45) is -0.866. The number of rotatable bonds is 6. The quantitative estimate of drug-likeness (QED) is 0.296. The Bertz CT molecular complexity index is 1820. The van der Waals surface area contributed by atoms with Gasteiger partial charge in [0.1, 0.15) is 23.8 Å². The Morgan fingerprint density at radius 1 is 1.00 bits per heavy atom. The summed E-state index contributed by atoms with van der Waals surface area (Å²) in [5.74, 6) is -0.398. The molecule has 0 radical (unpaired) electrons. The van der Waals surface area contributed by atoms with Crippen LogP contribution in [0.5, 0.6) is 0 Å². The fourth-order valence-corrected chi connectivity index (χ4v) is 6.28. The number of carbonyl (C=O) groups excluding carboxylic acids is 2. The number of fused-ring (bicyclic) bond motifs is 4. The molecule has 4 aromatic rings. The van der Waals surface area contributed by atoms with Gasteiger partial charge in [-0.3, -0.25) is 4.79 Å². The number of ether oxygens (including phenoxy) is 2. The van der Waals surface area contributed by atoms with Crippen molar-refractivity contribution in [1.82, 2.24) is 19.9 Å². The lowest BCUT2D eigenvalue weighted by Crippen LogP contribution is -2.56. The first-order valence-corrected chi connectivity index (χ1v) is 15.6. The van der Waals surface area contributed by atoms with Crippen molar-refractivity contribution in [2.24, 2.45) is 0 Å². The maximum Gasteiger partial charge on any atom is 0.410 e. The highest BCUT2D eigenvalue weighted by Gasteiger charge is 2.30. The zero-order chi connectivity index (χ0) is 32.6. The Morgan fingerprint density at radius 2 is 1.63 bits per heavy atom. The molecule has 0 saturated carbocycles. The van der Waals surface area contributed by atoms with E-state index in [4.69, 9.17) is 21.1 Å². The summed E-state index contributed by atoms with van der Waals surface area (Å²) < 4.78 is 26.8. The number of nitrogens with one attached hydrogen (secondary N) is 1. The van der Waals surface area contributed by atoms with E-state index in [0.29, 0.717) is 32.0 Å². The summed E-state index contributed by atoms with van der Waals surface area (Å²) in [5.41, 5.74) is 3.54. The molecule has 3 aromatic carbocycles. The van der Waals surface area contributed by atoms with Crippen LogP contribution in [0.25, 0.3) is 22.0 Å². The number of carbonyl (C=O) groups is 2. The molecule has 0 bridgehead atoms. The molecular weight excluding hydrogens is 613 g/mol. The second kappa shape index (κ2) is 12.6. The van der Waals surface area contributed by atoms with Crippen molar-refractivity contribution in [3.05, 3.63) is 98.8 Å². The summed E-state index contributed by atoms with van der Waals surface area (Å²) in [6, 6.07) is 18.4. The van der Waals surface area contributed by atoms with Crippen LogP contribution in [0.2, 0.25) is 5.02 Å². The molecule has 2 aliphatic rings. The van der Waals surface area contributed by atoms with Crippen LogP contribution in [-0.2, 0) is 15.9 Å². The Morgan fingerprint density at radius 3 is 2.26 bits per heavy atom. The predicted molar refractivity (Wildman–Crippen MR) is 174 cm³/mol. The van der Waals surface area contributed by atoms with Gasteiger partial charge >= 0.3 is 12.2 Å². The number of halogens is 2. The third-order valence-corrected chi connectivity index (χ3v) is 8.38. The van der Waals surface area contributed by atoms with Gasteiger partial charge in [0.15, 0.2) is 0 Å². The molecule has 1 aromatic heterocycles. The first-order valence-electron chi connectivity index (χ1n) is 15.2. The fourth-order valence-electron chi connectivity index (χ4n) is 6.03. The van der Waals surface area contributed by atoms with Crippen LogP contribution in [0.3, 0.4) is 0 Å². The molecule has 1 aliphatic heterocycles. The summed E-state index contributed by atoms with van der Waals surface area (Å²) in [6.45, 7) is 6.91. The molecule has 0 atom stereocenters. The number of hydrogen-bond acceptors (Lipinski definition) is 7. The van der Waals surface area contributed by atoms with Crippen LogP contribution in [0.1, 0.15) is 43.6 Å². The van der Waals surface area contributed by atoms with Gasteiger partial charge in [-0.2, -0.15) is 0 Å². The number of benzene rings is 3. The molecule has 1 saturated heterocycles. The predicted octanol–water partition coefficient (Wildman–Crippen LogP) is 5.46. The minimum absolute atomic E-state index is 0.0136. The normalized spacial score (nSPS) is 14.6. The lowest BCUT2D eigenvalue weighted by atomic mass is 9.98. The molecule has 2 heterocycles. The van der Waals surface area contributed by atoms with E-state index < -0.39 is 29.2 Å². The van der Waals surface area contributed by atoms with Gasteiger partial charge in [-0.25, -0.2) is 23.6 Å². The fraction of sp³-hybridized carbons (Fsp3) is 0.353. The first kappa shape index (κ1) is 31.3. The average molecular weight is 648 g/mol. The highest BCUT2D eigenvalue weighted by molar-refractivity contribution is 6.35. The topological polar surface area (TPSA) is 106 Å². The van der Waals surface area contributed by atoms with E-state index in [-0.39, 0.29) is 41.4 Å². The highest BCUT2D eigenvalue weighted by atomic mass is 35.5. The minimum Gasteiger partial charge on any atom is -0.449 e. The molecule has 1 aliphatic carbocycles. The highest BCUT2D eigenvalue weighted by Crippen LogP contribution is 2.44. The van der Waals surface area contributed by atoms with Crippen molar-refractivity contribution in [2.45, 2.75) is 38.7 Å². The van der Waals surface area contributed by atoms with Crippen molar-refractivity contribution in [2.75, 3.05) is 44.3 Å². The minimum atomic E-state index is -0.651. The number of alkyl carbamates (subject to hydrolysis) is 1. The molecule has 0 spiro atoms. The number of piperazine rings is 1. The Hall–Kier alpha value is -4.64. The van der Waals surface area contributed by atoms with Crippen LogP contribution >= 0.6 is 11.6 Å². The molecule has 12 heteroatoms. The van der Waals surface area contributed by atoms with Crippen molar-refractivity contribution < 1.29 is 23.5 Å². The van der Waals surface area contributed by atoms with E-state index >= 15 is 0 Å². The lowest BCUT2D eigenvalue weighted by molar-refractivity contribution is 0.0231. The second-order valence-corrected chi connectivity index (χ2v) is 12.8. The van der Waals surface area contributed by atoms with Gasteiger partial charge in [-0.1, -0.05) is 60.1 Å². The van der Waals surface area contributed by atoms with E-state index in [1.807, 2.05) is 24.3 Å². The van der Waals surface area contributed by atoms with Crippen LogP contribution in [0.15, 0.2) is 65.5 Å². The smallest absolute Gasteiger partial charge is 0.410 e.